The molecule has 0 aromatic carbocycles. The molecule has 1 heterocycles. The SMILES string of the molecule is O=S(=O)(O[C@H]1OCC[C@H]1OS(=O)(=O)C(F)(F)F)C(F)(F)F. The summed E-state index contributed by atoms with van der Waals surface area (Å²) in [6.07, 6.45) is -5.27. The van der Waals surface area contributed by atoms with Crippen LogP contribution in [-0.4, -0.2) is 46.9 Å². The predicted molar refractivity (Wildman–Crippen MR) is 50.3 cm³/mol. The molecule has 0 aromatic rings. The van der Waals surface area contributed by atoms with Crippen LogP contribution in [0.25, 0.3) is 0 Å². The Morgan fingerprint density at radius 3 is 1.71 bits per heavy atom. The van der Waals surface area contributed by atoms with E-state index in [4.69, 9.17) is 0 Å². The molecule has 126 valence electrons. The molecule has 0 bridgehead atoms. The minimum Gasteiger partial charge on any atom is -0.349 e. The van der Waals surface area contributed by atoms with Gasteiger partial charge in [0.1, 0.15) is 6.10 Å². The number of halogens is 6. The number of alkyl halides is 6. The van der Waals surface area contributed by atoms with Crippen LogP contribution in [0.15, 0.2) is 0 Å². The van der Waals surface area contributed by atoms with Gasteiger partial charge in [0, 0.05) is 6.42 Å². The summed E-state index contributed by atoms with van der Waals surface area (Å²) >= 11 is 0. The fourth-order valence-corrected chi connectivity index (χ4v) is 2.28. The first-order chi connectivity index (χ1) is 9.17. The summed E-state index contributed by atoms with van der Waals surface area (Å²) in [6.45, 7) is -0.559. The second-order valence-electron chi connectivity index (χ2n) is 3.56. The van der Waals surface area contributed by atoms with E-state index < -0.39 is 56.7 Å². The molecule has 15 heteroatoms. The third-order valence-electron chi connectivity index (χ3n) is 2.03. The highest BCUT2D eigenvalue weighted by atomic mass is 32.2. The Balaban J connectivity index is 2.88. The van der Waals surface area contributed by atoms with E-state index in [1.807, 2.05) is 0 Å². The first-order valence-electron chi connectivity index (χ1n) is 4.78. The van der Waals surface area contributed by atoms with E-state index in [1.165, 1.54) is 0 Å². The molecule has 1 fully saturated rings. The van der Waals surface area contributed by atoms with Crippen molar-refractivity contribution in [3.05, 3.63) is 0 Å². The second-order valence-corrected chi connectivity index (χ2v) is 6.69. The van der Waals surface area contributed by atoms with Crippen molar-refractivity contribution in [2.24, 2.45) is 0 Å². The molecule has 0 radical (unpaired) electrons. The van der Waals surface area contributed by atoms with Gasteiger partial charge in [-0.25, -0.2) is 4.18 Å². The van der Waals surface area contributed by atoms with E-state index in [1.54, 1.807) is 0 Å². The lowest BCUT2D eigenvalue weighted by Gasteiger charge is -2.19. The highest BCUT2D eigenvalue weighted by Crippen LogP contribution is 2.32. The Labute approximate surface area is 114 Å². The highest BCUT2D eigenvalue weighted by molar-refractivity contribution is 7.88. The lowest BCUT2D eigenvalue weighted by atomic mass is 10.3. The van der Waals surface area contributed by atoms with E-state index >= 15 is 0 Å². The van der Waals surface area contributed by atoms with Gasteiger partial charge in [0.2, 0.25) is 6.29 Å². The normalized spacial score (nSPS) is 25.2. The average molecular weight is 368 g/mol. The van der Waals surface area contributed by atoms with Crippen LogP contribution in [0.1, 0.15) is 6.42 Å². The van der Waals surface area contributed by atoms with Crippen molar-refractivity contribution >= 4 is 20.2 Å². The highest BCUT2D eigenvalue weighted by Gasteiger charge is 2.54. The van der Waals surface area contributed by atoms with Crippen LogP contribution >= 0.6 is 0 Å². The average Bonchev–Trinajstić information content (AvgIpc) is 2.60. The lowest BCUT2D eigenvalue weighted by molar-refractivity contribution is -0.110. The molecule has 1 saturated heterocycles. The van der Waals surface area contributed by atoms with Gasteiger partial charge >= 0.3 is 31.3 Å². The van der Waals surface area contributed by atoms with Gasteiger partial charge in [0.05, 0.1) is 6.61 Å². The third kappa shape index (κ3) is 4.18. The molecule has 0 aliphatic carbocycles. The minimum absolute atomic E-state index is 0.559. The molecule has 0 saturated carbocycles. The first-order valence-corrected chi connectivity index (χ1v) is 7.60. The molecule has 2 atom stereocenters. The monoisotopic (exact) mass is 368 g/mol. The molecule has 0 aromatic heterocycles. The Hall–Kier alpha value is -0.640. The maximum atomic E-state index is 12.0. The van der Waals surface area contributed by atoms with Gasteiger partial charge in [-0.2, -0.15) is 43.2 Å². The molecule has 1 rings (SSSR count). The summed E-state index contributed by atoms with van der Waals surface area (Å²) in [6, 6.07) is 0. The Kier molecular flexibility index (Phi) is 4.85. The van der Waals surface area contributed by atoms with Gasteiger partial charge in [0.25, 0.3) is 0 Å². The van der Waals surface area contributed by atoms with E-state index in [2.05, 4.69) is 13.1 Å². The summed E-state index contributed by atoms with van der Waals surface area (Å²) in [4.78, 5) is 0. The van der Waals surface area contributed by atoms with Crippen molar-refractivity contribution in [1.82, 2.24) is 0 Å². The van der Waals surface area contributed by atoms with Crippen LogP contribution in [0.4, 0.5) is 26.3 Å². The zero-order chi connectivity index (χ0) is 16.7. The van der Waals surface area contributed by atoms with Crippen LogP contribution < -0.4 is 0 Å². The second kappa shape index (κ2) is 5.53. The topological polar surface area (TPSA) is 96.0 Å². The van der Waals surface area contributed by atoms with Crippen LogP contribution in [0.2, 0.25) is 0 Å². The summed E-state index contributed by atoms with van der Waals surface area (Å²) in [5, 5.41) is 0. The first kappa shape index (κ1) is 18.4. The molecule has 21 heavy (non-hydrogen) atoms. The molecule has 1 aliphatic heterocycles. The van der Waals surface area contributed by atoms with Crippen LogP contribution in [0.3, 0.4) is 0 Å². The molecular weight excluding hydrogens is 362 g/mol. The zero-order valence-corrected chi connectivity index (χ0v) is 11.1. The Morgan fingerprint density at radius 1 is 0.857 bits per heavy atom. The van der Waals surface area contributed by atoms with Gasteiger partial charge in [-0.15, -0.1) is 0 Å². The fourth-order valence-electron chi connectivity index (χ4n) is 1.12. The maximum absolute atomic E-state index is 12.0. The minimum atomic E-state index is -6.19. The van der Waals surface area contributed by atoms with Crippen LogP contribution in [0.5, 0.6) is 0 Å². The molecule has 0 spiro atoms. The van der Waals surface area contributed by atoms with Crippen LogP contribution in [-0.2, 0) is 33.3 Å². The zero-order valence-electron chi connectivity index (χ0n) is 9.51. The molecule has 0 amide bonds. The quantitative estimate of drug-likeness (QED) is 0.412. The molecule has 0 unspecified atom stereocenters. The third-order valence-corrected chi connectivity index (χ3v) is 4.10. The van der Waals surface area contributed by atoms with E-state index in [0.29, 0.717) is 0 Å². The largest absolute Gasteiger partial charge is 0.523 e. The molecular formula is C6H6F6O7S2. The van der Waals surface area contributed by atoms with Crippen molar-refractivity contribution in [3.63, 3.8) is 0 Å². The standard InChI is InChI=1S/C6H6F6O7S2/c7-5(8,9)20(13,14)18-3-1-2-17-4(3)19-21(15,16)6(10,11)12/h3-4H,1-2H2/t3-,4-/m1/s1. The van der Waals surface area contributed by atoms with Gasteiger partial charge < -0.3 is 4.74 Å². The van der Waals surface area contributed by atoms with Gasteiger partial charge in [0.15, 0.2) is 0 Å². The van der Waals surface area contributed by atoms with Crippen LogP contribution in [0, 0.1) is 0 Å². The van der Waals surface area contributed by atoms with Crippen molar-refractivity contribution in [3.8, 4) is 0 Å². The maximum Gasteiger partial charge on any atom is 0.523 e. The van der Waals surface area contributed by atoms with Crippen molar-refractivity contribution in [1.29, 1.82) is 0 Å². The predicted octanol–water partition coefficient (Wildman–Crippen LogP) is 0.834. The molecule has 7 nitrogen and oxygen atoms in total. The number of ether oxygens (including phenoxy) is 1. The van der Waals surface area contributed by atoms with Gasteiger partial charge in [-0.1, -0.05) is 0 Å². The Bertz CT molecular complexity index is 524. The summed E-state index contributed by atoms with van der Waals surface area (Å²) in [5.41, 5.74) is -11.7. The molecule has 1 aliphatic rings. The number of hydrogen-bond donors (Lipinski definition) is 0. The van der Waals surface area contributed by atoms with Crippen molar-refractivity contribution in [2.45, 2.75) is 29.8 Å². The Morgan fingerprint density at radius 2 is 1.29 bits per heavy atom. The molecule has 0 N–H and O–H groups in total. The number of hydrogen-bond acceptors (Lipinski definition) is 7. The lowest BCUT2D eigenvalue weighted by Crippen LogP contribution is -2.38. The summed E-state index contributed by atoms with van der Waals surface area (Å²) in [7, 11) is -12.3. The van der Waals surface area contributed by atoms with E-state index in [-0.39, 0.29) is 0 Å². The summed E-state index contributed by atoms with van der Waals surface area (Å²) < 4.78 is 126. The van der Waals surface area contributed by atoms with Gasteiger partial charge in [-0.3, -0.25) is 4.18 Å². The van der Waals surface area contributed by atoms with Crippen molar-refractivity contribution < 1.29 is 56.3 Å². The van der Waals surface area contributed by atoms with Gasteiger partial charge in [-0.05, 0) is 0 Å². The smallest absolute Gasteiger partial charge is 0.349 e. The number of rotatable bonds is 4. The fraction of sp³-hybridized carbons (Fsp3) is 1.00. The van der Waals surface area contributed by atoms with E-state index in [0.717, 1.165) is 0 Å². The summed E-state index contributed by atoms with van der Waals surface area (Å²) in [5.74, 6) is 0. The van der Waals surface area contributed by atoms with Crippen molar-refractivity contribution in [2.75, 3.05) is 6.61 Å². The van der Waals surface area contributed by atoms with E-state index in [9.17, 15) is 43.2 Å².